The molecule has 0 spiro atoms. The van der Waals surface area contributed by atoms with Gasteiger partial charge in [-0.15, -0.1) is 0 Å². The molecule has 2 saturated heterocycles. The lowest BCUT2D eigenvalue weighted by Crippen LogP contribution is -2.52. The number of hydrogen-bond donors (Lipinski definition) is 1. The van der Waals surface area contributed by atoms with Gasteiger partial charge in [0.25, 0.3) is 5.91 Å². The second kappa shape index (κ2) is 7.75. The molecule has 2 aromatic rings. The molecule has 0 unspecified atom stereocenters. The molecular formula is C21H27N5O2. The number of aromatic nitrogens is 2. The summed E-state index contributed by atoms with van der Waals surface area (Å²) in [5.74, 6) is 0.320. The number of piperazine rings is 1. The van der Waals surface area contributed by atoms with Crippen LogP contribution >= 0.6 is 0 Å². The van der Waals surface area contributed by atoms with Crippen LogP contribution in [-0.2, 0) is 11.8 Å². The minimum Gasteiger partial charge on any atom is -0.339 e. The van der Waals surface area contributed by atoms with Gasteiger partial charge in [-0.2, -0.15) is 5.10 Å². The Morgan fingerprint density at radius 3 is 2.36 bits per heavy atom. The Kier molecular flexibility index (Phi) is 5.17. The molecule has 3 heterocycles. The van der Waals surface area contributed by atoms with E-state index < -0.39 is 0 Å². The Labute approximate surface area is 165 Å². The molecule has 4 rings (SSSR count). The number of rotatable bonds is 3. The number of nitrogens with zero attached hydrogens (tertiary/aromatic N) is 4. The average molecular weight is 381 g/mol. The Hall–Kier alpha value is -2.67. The second-order valence-electron chi connectivity index (χ2n) is 7.80. The zero-order chi connectivity index (χ0) is 19.7. The van der Waals surface area contributed by atoms with Crippen molar-refractivity contribution in [2.24, 2.45) is 13.0 Å². The fraction of sp³-hybridized carbons (Fsp3) is 0.476. The first kappa shape index (κ1) is 18.7. The number of benzene rings is 1. The summed E-state index contributed by atoms with van der Waals surface area (Å²) in [5, 5.41) is 7.60. The third-order valence-corrected chi connectivity index (χ3v) is 5.86. The molecule has 0 saturated carbocycles. The highest BCUT2D eigenvalue weighted by Gasteiger charge is 2.38. The SMILES string of the molecule is Cc1ccc(C(=O)N2CCN(C(=O)[C@H]3CNC[C@@H]3c3cnn(C)c3)CC2)cc1. The van der Waals surface area contributed by atoms with Gasteiger partial charge in [-0.25, -0.2) is 0 Å². The van der Waals surface area contributed by atoms with Gasteiger partial charge in [0.15, 0.2) is 0 Å². The van der Waals surface area contributed by atoms with Gasteiger partial charge in [-0.1, -0.05) is 17.7 Å². The molecule has 7 nitrogen and oxygen atoms in total. The molecule has 7 heteroatoms. The molecule has 28 heavy (non-hydrogen) atoms. The molecule has 2 fully saturated rings. The minimum absolute atomic E-state index is 0.0443. The predicted molar refractivity (Wildman–Crippen MR) is 106 cm³/mol. The van der Waals surface area contributed by atoms with Crippen LogP contribution in [0.5, 0.6) is 0 Å². The fourth-order valence-electron chi connectivity index (χ4n) is 4.16. The molecule has 2 aliphatic heterocycles. The molecule has 0 radical (unpaired) electrons. The summed E-state index contributed by atoms with van der Waals surface area (Å²) < 4.78 is 1.78. The van der Waals surface area contributed by atoms with Crippen molar-refractivity contribution in [1.82, 2.24) is 24.9 Å². The van der Waals surface area contributed by atoms with Crippen LogP contribution in [0.1, 0.15) is 27.4 Å². The Balaban J connectivity index is 1.37. The number of aryl methyl sites for hydroxylation is 2. The zero-order valence-corrected chi connectivity index (χ0v) is 16.5. The lowest BCUT2D eigenvalue weighted by molar-refractivity contribution is -0.136. The molecule has 2 amide bonds. The number of hydrogen-bond acceptors (Lipinski definition) is 4. The normalized spacial score (nSPS) is 22.5. The van der Waals surface area contributed by atoms with Gasteiger partial charge < -0.3 is 15.1 Å². The first-order chi connectivity index (χ1) is 13.5. The van der Waals surface area contributed by atoms with E-state index in [0.717, 1.165) is 17.7 Å². The topological polar surface area (TPSA) is 70.5 Å². The first-order valence-electron chi connectivity index (χ1n) is 9.87. The largest absolute Gasteiger partial charge is 0.339 e. The van der Waals surface area contributed by atoms with E-state index in [9.17, 15) is 9.59 Å². The third kappa shape index (κ3) is 3.67. The molecule has 0 aliphatic carbocycles. The summed E-state index contributed by atoms with van der Waals surface area (Å²) in [7, 11) is 1.90. The van der Waals surface area contributed by atoms with E-state index in [1.807, 2.05) is 60.4 Å². The van der Waals surface area contributed by atoms with Gasteiger partial charge in [0.2, 0.25) is 5.91 Å². The number of carbonyl (C=O) groups excluding carboxylic acids is 2. The van der Waals surface area contributed by atoms with E-state index in [1.54, 1.807) is 4.68 Å². The van der Waals surface area contributed by atoms with E-state index in [0.29, 0.717) is 38.3 Å². The molecular weight excluding hydrogens is 354 g/mol. The van der Waals surface area contributed by atoms with E-state index in [1.165, 1.54) is 0 Å². The van der Waals surface area contributed by atoms with Gasteiger partial charge in [0.05, 0.1) is 12.1 Å². The van der Waals surface area contributed by atoms with Crippen LogP contribution in [0.3, 0.4) is 0 Å². The van der Waals surface area contributed by atoms with Gasteiger partial charge >= 0.3 is 0 Å². The minimum atomic E-state index is -0.0662. The Morgan fingerprint density at radius 2 is 1.71 bits per heavy atom. The van der Waals surface area contributed by atoms with Crippen molar-refractivity contribution in [2.75, 3.05) is 39.3 Å². The van der Waals surface area contributed by atoms with E-state index in [4.69, 9.17) is 0 Å². The summed E-state index contributed by atoms with van der Waals surface area (Å²) in [4.78, 5) is 29.6. The van der Waals surface area contributed by atoms with Crippen molar-refractivity contribution < 1.29 is 9.59 Å². The quantitative estimate of drug-likeness (QED) is 0.862. The van der Waals surface area contributed by atoms with Crippen molar-refractivity contribution in [1.29, 1.82) is 0 Å². The fourth-order valence-corrected chi connectivity index (χ4v) is 4.16. The van der Waals surface area contributed by atoms with Crippen LogP contribution < -0.4 is 5.32 Å². The van der Waals surface area contributed by atoms with Crippen molar-refractivity contribution in [3.63, 3.8) is 0 Å². The third-order valence-electron chi connectivity index (χ3n) is 5.86. The van der Waals surface area contributed by atoms with Crippen molar-refractivity contribution in [3.05, 3.63) is 53.3 Å². The molecule has 1 aromatic carbocycles. The molecule has 2 aliphatic rings. The average Bonchev–Trinajstić information content (AvgIpc) is 3.36. The number of amides is 2. The molecule has 1 N–H and O–H groups in total. The monoisotopic (exact) mass is 381 g/mol. The first-order valence-corrected chi connectivity index (χ1v) is 9.87. The van der Waals surface area contributed by atoms with Crippen molar-refractivity contribution in [3.8, 4) is 0 Å². The van der Waals surface area contributed by atoms with Crippen LogP contribution in [0.15, 0.2) is 36.7 Å². The van der Waals surface area contributed by atoms with Crippen LogP contribution in [0, 0.1) is 12.8 Å². The maximum absolute atomic E-state index is 13.1. The Bertz CT molecular complexity index is 852. The van der Waals surface area contributed by atoms with Crippen molar-refractivity contribution >= 4 is 11.8 Å². The summed E-state index contributed by atoms with van der Waals surface area (Å²) in [6, 6.07) is 7.66. The summed E-state index contributed by atoms with van der Waals surface area (Å²) >= 11 is 0. The maximum Gasteiger partial charge on any atom is 0.253 e. The summed E-state index contributed by atoms with van der Waals surface area (Å²) in [6.07, 6.45) is 3.85. The van der Waals surface area contributed by atoms with E-state index >= 15 is 0 Å². The highest BCUT2D eigenvalue weighted by molar-refractivity contribution is 5.94. The van der Waals surface area contributed by atoms with Crippen molar-refractivity contribution in [2.45, 2.75) is 12.8 Å². The summed E-state index contributed by atoms with van der Waals surface area (Å²) in [5.41, 5.74) is 2.96. The van der Waals surface area contributed by atoms with E-state index in [2.05, 4.69) is 10.4 Å². The van der Waals surface area contributed by atoms with Gasteiger partial charge in [-0.3, -0.25) is 14.3 Å². The molecule has 0 bridgehead atoms. The lowest BCUT2D eigenvalue weighted by Gasteiger charge is -2.36. The van der Waals surface area contributed by atoms with Gasteiger partial charge in [-0.05, 0) is 24.6 Å². The van der Waals surface area contributed by atoms with Crippen LogP contribution in [-0.4, -0.2) is 70.7 Å². The smallest absolute Gasteiger partial charge is 0.253 e. The van der Waals surface area contributed by atoms with E-state index in [-0.39, 0.29) is 23.7 Å². The maximum atomic E-state index is 13.1. The standard InChI is InChI=1S/C21H27N5O2/c1-15-3-5-16(6-4-15)20(27)25-7-9-26(10-8-25)21(28)19-13-22-12-18(19)17-11-23-24(2)14-17/h3-6,11,14,18-19,22H,7-10,12-13H2,1-2H3/t18-,19+/m1/s1. The summed E-state index contributed by atoms with van der Waals surface area (Å²) in [6.45, 7) is 5.84. The van der Waals surface area contributed by atoms with Crippen LogP contribution in [0.2, 0.25) is 0 Å². The predicted octanol–water partition coefficient (Wildman–Crippen LogP) is 1.02. The van der Waals surface area contributed by atoms with Crippen LogP contribution in [0.4, 0.5) is 0 Å². The lowest BCUT2D eigenvalue weighted by atomic mass is 9.89. The number of carbonyl (C=O) groups is 2. The molecule has 2 atom stereocenters. The molecule has 148 valence electrons. The Morgan fingerprint density at radius 1 is 1.04 bits per heavy atom. The second-order valence-corrected chi connectivity index (χ2v) is 7.80. The number of nitrogens with one attached hydrogen (secondary N) is 1. The zero-order valence-electron chi connectivity index (χ0n) is 16.5. The van der Waals surface area contributed by atoms with Gasteiger partial charge in [0.1, 0.15) is 0 Å². The highest BCUT2D eigenvalue weighted by atomic mass is 16.2. The van der Waals surface area contributed by atoms with Gasteiger partial charge in [0, 0.05) is 64.0 Å². The van der Waals surface area contributed by atoms with Crippen LogP contribution in [0.25, 0.3) is 0 Å². The molecule has 1 aromatic heterocycles. The highest BCUT2D eigenvalue weighted by Crippen LogP contribution is 2.29.